The van der Waals surface area contributed by atoms with Gasteiger partial charge in [0.15, 0.2) is 0 Å². The van der Waals surface area contributed by atoms with Gasteiger partial charge in [-0.2, -0.15) is 0 Å². The van der Waals surface area contributed by atoms with E-state index in [0.717, 1.165) is 39.5 Å². The summed E-state index contributed by atoms with van der Waals surface area (Å²) >= 11 is 0. The van der Waals surface area contributed by atoms with E-state index in [4.69, 9.17) is 9.97 Å². The number of para-hydroxylation sites is 2. The minimum atomic E-state index is -0.890. The Morgan fingerprint density at radius 1 is 0.490 bits per heavy atom. The Balaban J connectivity index is 1.42. The van der Waals surface area contributed by atoms with Crippen molar-refractivity contribution >= 4 is 62.6 Å². The molecule has 0 aliphatic heterocycles. The van der Waals surface area contributed by atoms with Crippen molar-refractivity contribution in [3.8, 4) is 11.3 Å². The molecule has 4 heteroatoms. The maximum Gasteiger partial charge on any atom is 0.132 e. The number of fused-ring (bicyclic) bond motifs is 2. The molecule has 0 aliphatic rings. The van der Waals surface area contributed by atoms with E-state index in [2.05, 4.69) is 195 Å². The van der Waals surface area contributed by atoms with Gasteiger partial charge >= 0.3 is 0 Å². The van der Waals surface area contributed by atoms with Crippen molar-refractivity contribution in [1.29, 1.82) is 0 Å². The third-order valence-electron chi connectivity index (χ3n) is 8.91. The average molecular weight is 650 g/mol. The second-order valence-corrected chi connectivity index (χ2v) is 14.7. The van der Waals surface area contributed by atoms with Crippen LogP contribution in [0.3, 0.4) is 0 Å². The monoisotopic (exact) mass is 649 g/mol. The third-order valence-corrected chi connectivity index (χ3v) is 11.4. The fourth-order valence-electron chi connectivity index (χ4n) is 6.60. The van der Waals surface area contributed by atoms with Gasteiger partial charge in [0.1, 0.15) is 5.82 Å². The zero-order valence-electron chi connectivity index (χ0n) is 27.6. The van der Waals surface area contributed by atoms with Gasteiger partial charge in [0, 0.05) is 33.9 Å². The summed E-state index contributed by atoms with van der Waals surface area (Å²) in [6.07, 6.45) is 0. The largest absolute Gasteiger partial charge is 0.310 e. The number of aromatic nitrogens is 2. The highest BCUT2D eigenvalue weighted by Gasteiger charge is 2.25. The molecule has 0 N–H and O–H groups in total. The van der Waals surface area contributed by atoms with Crippen molar-refractivity contribution in [2.45, 2.75) is 19.8 Å². The highest BCUT2D eigenvalue weighted by Crippen LogP contribution is 2.43. The van der Waals surface area contributed by atoms with Crippen LogP contribution in [0.1, 0.15) is 25.6 Å². The molecule has 7 aromatic carbocycles. The van der Waals surface area contributed by atoms with E-state index >= 15 is 0 Å². The van der Waals surface area contributed by atoms with Crippen LogP contribution in [-0.2, 0) is 0 Å². The second-order valence-electron chi connectivity index (χ2n) is 12.5. The van der Waals surface area contributed by atoms with Crippen LogP contribution in [0.15, 0.2) is 176 Å². The summed E-state index contributed by atoms with van der Waals surface area (Å²) in [5.41, 5.74) is 6.35. The number of rotatable bonds is 8. The van der Waals surface area contributed by atoms with Gasteiger partial charge < -0.3 is 4.90 Å². The van der Waals surface area contributed by atoms with E-state index in [1.165, 1.54) is 32.2 Å². The van der Waals surface area contributed by atoms with Crippen LogP contribution in [0, 0.1) is 0 Å². The van der Waals surface area contributed by atoms with E-state index in [1.54, 1.807) is 0 Å². The van der Waals surface area contributed by atoms with Gasteiger partial charge in [-0.25, -0.2) is 9.97 Å². The quantitative estimate of drug-likeness (QED) is 0.153. The fraction of sp³-hybridized carbons (Fsp3) is 0.0667. The van der Waals surface area contributed by atoms with Crippen molar-refractivity contribution < 1.29 is 0 Å². The van der Waals surface area contributed by atoms with Gasteiger partial charge in [-0.05, 0) is 77.1 Å². The highest BCUT2D eigenvalue weighted by atomic mass is 31.1. The fourth-order valence-corrected chi connectivity index (χ4v) is 9.07. The third kappa shape index (κ3) is 5.99. The molecule has 0 amide bonds. The number of nitrogens with zero attached hydrogens (tertiary/aromatic N) is 3. The predicted molar refractivity (Wildman–Crippen MR) is 210 cm³/mol. The van der Waals surface area contributed by atoms with E-state index in [0.29, 0.717) is 0 Å². The molecule has 0 atom stereocenters. The summed E-state index contributed by atoms with van der Waals surface area (Å²) in [4.78, 5) is 13.0. The molecule has 0 spiro atoms. The van der Waals surface area contributed by atoms with Crippen LogP contribution in [0.25, 0.3) is 32.9 Å². The summed E-state index contributed by atoms with van der Waals surface area (Å²) in [6, 6.07) is 63.0. The topological polar surface area (TPSA) is 29.0 Å². The summed E-state index contributed by atoms with van der Waals surface area (Å²) in [5.74, 6) is 0.989. The molecule has 8 aromatic rings. The number of benzene rings is 7. The molecular weight excluding hydrogens is 613 g/mol. The van der Waals surface area contributed by atoms with Gasteiger partial charge in [-0.15, -0.1) is 0 Å². The molecule has 8 rings (SSSR count). The molecule has 0 saturated heterocycles. The Morgan fingerprint density at radius 2 is 1.04 bits per heavy atom. The minimum absolute atomic E-state index is 0.148. The normalized spacial score (nSPS) is 11.4. The Kier molecular flexibility index (Phi) is 8.44. The van der Waals surface area contributed by atoms with Crippen LogP contribution in [0.5, 0.6) is 0 Å². The Labute approximate surface area is 289 Å². The van der Waals surface area contributed by atoms with Crippen LogP contribution in [-0.4, -0.2) is 9.97 Å². The van der Waals surface area contributed by atoms with Gasteiger partial charge in [0.2, 0.25) is 0 Å². The van der Waals surface area contributed by atoms with Crippen molar-refractivity contribution in [3.63, 3.8) is 0 Å². The first-order chi connectivity index (χ1) is 24.2. The van der Waals surface area contributed by atoms with Gasteiger partial charge in [0.25, 0.3) is 0 Å². The molecule has 236 valence electrons. The molecular formula is C45H36N3P. The van der Waals surface area contributed by atoms with Crippen LogP contribution in [0.4, 0.5) is 17.1 Å². The van der Waals surface area contributed by atoms with Crippen molar-refractivity contribution in [1.82, 2.24) is 9.97 Å². The lowest BCUT2D eigenvalue weighted by Crippen LogP contribution is -2.22. The smallest absolute Gasteiger partial charge is 0.132 e. The first-order valence-corrected chi connectivity index (χ1v) is 18.1. The Bertz CT molecular complexity index is 2280. The molecule has 1 heterocycles. The number of anilines is 3. The molecule has 0 aliphatic carbocycles. The maximum atomic E-state index is 5.43. The van der Waals surface area contributed by atoms with Crippen molar-refractivity contribution in [3.05, 3.63) is 182 Å². The zero-order chi connectivity index (χ0) is 33.2. The van der Waals surface area contributed by atoms with Crippen molar-refractivity contribution in [2.75, 3.05) is 4.90 Å². The van der Waals surface area contributed by atoms with E-state index in [1.807, 2.05) is 0 Å². The number of hydrogen-bond acceptors (Lipinski definition) is 3. The predicted octanol–water partition coefficient (Wildman–Crippen LogP) is 10.8. The second kappa shape index (κ2) is 13.5. The summed E-state index contributed by atoms with van der Waals surface area (Å²) in [5, 5.41) is 7.36. The SMILES string of the molecule is CC(C)c1nc(-c2c(P(c3ccccc3)c3ccccc3)ccc3ccccc23)c2ccc(N(c3ccccc3)c3ccccc3)cc2n1. The first kappa shape index (κ1) is 30.7. The molecule has 0 bridgehead atoms. The molecule has 0 fully saturated rings. The summed E-state index contributed by atoms with van der Waals surface area (Å²) in [7, 11) is -0.890. The van der Waals surface area contributed by atoms with Crippen molar-refractivity contribution in [2.24, 2.45) is 0 Å². The number of hydrogen-bond donors (Lipinski definition) is 0. The van der Waals surface area contributed by atoms with Gasteiger partial charge in [-0.3, -0.25) is 0 Å². The lowest BCUT2D eigenvalue weighted by molar-refractivity contribution is 0.785. The van der Waals surface area contributed by atoms with E-state index < -0.39 is 7.92 Å². The lowest BCUT2D eigenvalue weighted by Gasteiger charge is -2.26. The standard InChI is InChI=1S/C45H36N3P/c1-32(2)45-46-41-31-36(48(34-18-7-3-8-19-34)35-20-9-4-10-21-35)28-29-40(41)44(47-45)43-39-26-16-15-17-33(39)27-30-42(43)49(37-22-11-5-12-23-37)38-24-13-6-14-25-38/h3-32H,1-2H3. The summed E-state index contributed by atoms with van der Waals surface area (Å²) < 4.78 is 0. The minimum Gasteiger partial charge on any atom is -0.310 e. The van der Waals surface area contributed by atoms with E-state index in [9.17, 15) is 0 Å². The van der Waals surface area contributed by atoms with Crippen LogP contribution >= 0.6 is 7.92 Å². The molecule has 0 radical (unpaired) electrons. The lowest BCUT2D eigenvalue weighted by atomic mass is 9.98. The first-order valence-electron chi connectivity index (χ1n) is 16.8. The summed E-state index contributed by atoms with van der Waals surface area (Å²) in [6.45, 7) is 4.36. The van der Waals surface area contributed by atoms with Gasteiger partial charge in [0.05, 0.1) is 11.2 Å². The molecule has 3 nitrogen and oxygen atoms in total. The average Bonchev–Trinajstić information content (AvgIpc) is 3.16. The highest BCUT2D eigenvalue weighted by molar-refractivity contribution is 7.80. The molecule has 1 aromatic heterocycles. The Hall–Kier alpha value is -5.63. The molecule has 0 saturated carbocycles. The van der Waals surface area contributed by atoms with Crippen LogP contribution in [0.2, 0.25) is 0 Å². The van der Waals surface area contributed by atoms with Crippen LogP contribution < -0.4 is 20.8 Å². The molecule has 49 heavy (non-hydrogen) atoms. The van der Waals surface area contributed by atoms with E-state index in [-0.39, 0.29) is 5.92 Å². The maximum absolute atomic E-state index is 5.43. The van der Waals surface area contributed by atoms with Gasteiger partial charge in [-0.1, -0.05) is 147 Å². The Morgan fingerprint density at radius 3 is 1.63 bits per heavy atom. The zero-order valence-corrected chi connectivity index (χ0v) is 28.5. The molecule has 0 unspecified atom stereocenters.